The first-order valence-electron chi connectivity index (χ1n) is 15.7. The topological polar surface area (TPSA) is 105 Å². The van der Waals surface area contributed by atoms with Gasteiger partial charge in [-0.25, -0.2) is 18.9 Å². The normalized spacial score (nSPS) is 14.2. The van der Waals surface area contributed by atoms with Gasteiger partial charge in [0.2, 0.25) is 5.91 Å². The van der Waals surface area contributed by atoms with E-state index >= 15 is 4.39 Å². The molecule has 0 aliphatic carbocycles. The van der Waals surface area contributed by atoms with E-state index in [4.69, 9.17) is 0 Å². The lowest BCUT2D eigenvalue weighted by atomic mass is 9.99. The van der Waals surface area contributed by atoms with E-state index in [2.05, 4.69) is 49.9 Å². The van der Waals surface area contributed by atoms with Gasteiger partial charge in [0.1, 0.15) is 17.9 Å². The molecule has 3 aromatic carbocycles. The molecule has 1 aliphatic rings. The second-order valence-electron chi connectivity index (χ2n) is 11.5. The third-order valence-corrected chi connectivity index (χ3v) is 8.41. The van der Waals surface area contributed by atoms with Crippen LogP contribution >= 0.6 is 11.8 Å². The number of nitrogens with one attached hydrogen (secondary N) is 1. The standard InChI is InChI=1S/C34H35F4N7O3S/c1-5-15-43(16-6-2)24-10-13-26(21(3)4)29(18-24)45-30(46)19-49-33(45)41-32(47)40-28-14-7-22(17-27(28)35)31-39-20-44(42-31)23-8-11-25(12-9-23)48-34(36,37)38/h7-14,17-18,20-21H,5-6,15-16,19H2,1-4H3,(H,40,47)/b41-33-. The fraction of sp³-hybridized carbons (Fsp3) is 0.324. The number of carbonyl (C=O) groups is 2. The minimum atomic E-state index is -4.81. The Hall–Kier alpha value is -4.92. The van der Waals surface area contributed by atoms with Crippen molar-refractivity contribution in [2.24, 2.45) is 4.99 Å². The van der Waals surface area contributed by atoms with Crippen LogP contribution < -0.4 is 19.9 Å². The number of ether oxygens (including phenoxy) is 1. The Morgan fingerprint density at radius 3 is 2.41 bits per heavy atom. The number of rotatable bonds is 11. The van der Waals surface area contributed by atoms with Crippen molar-refractivity contribution in [3.05, 3.63) is 78.4 Å². The maximum Gasteiger partial charge on any atom is 0.573 e. The van der Waals surface area contributed by atoms with Crippen LogP contribution in [0.25, 0.3) is 17.1 Å². The van der Waals surface area contributed by atoms with Gasteiger partial charge >= 0.3 is 12.4 Å². The molecule has 0 atom stereocenters. The first kappa shape index (κ1) is 35.4. The van der Waals surface area contributed by atoms with Gasteiger partial charge in [0.05, 0.1) is 22.8 Å². The van der Waals surface area contributed by atoms with Crippen molar-refractivity contribution in [3.63, 3.8) is 0 Å². The van der Waals surface area contributed by atoms with Gasteiger partial charge in [0.25, 0.3) is 0 Å². The van der Waals surface area contributed by atoms with Crippen molar-refractivity contribution in [2.45, 2.75) is 52.8 Å². The first-order valence-corrected chi connectivity index (χ1v) is 16.7. The number of halogens is 4. The number of thioether (sulfide) groups is 1. The molecule has 15 heteroatoms. The van der Waals surface area contributed by atoms with E-state index in [-0.39, 0.29) is 40.0 Å². The zero-order valence-electron chi connectivity index (χ0n) is 27.3. The second-order valence-corrected chi connectivity index (χ2v) is 12.4. The maximum atomic E-state index is 15.2. The van der Waals surface area contributed by atoms with Crippen molar-refractivity contribution in [1.29, 1.82) is 0 Å². The quantitative estimate of drug-likeness (QED) is 0.157. The van der Waals surface area contributed by atoms with Gasteiger partial charge in [0.15, 0.2) is 11.0 Å². The molecule has 4 aromatic rings. The highest BCUT2D eigenvalue weighted by Crippen LogP contribution is 2.37. The zero-order chi connectivity index (χ0) is 35.3. The van der Waals surface area contributed by atoms with Crippen LogP contribution in [0.3, 0.4) is 0 Å². The number of amides is 3. The van der Waals surface area contributed by atoms with E-state index < -0.39 is 18.2 Å². The van der Waals surface area contributed by atoms with Crippen LogP contribution in [0.2, 0.25) is 0 Å². The SMILES string of the molecule is CCCN(CCC)c1ccc(C(C)C)c(N2C(=O)CS/C2=N\C(=O)Nc2ccc(-c3ncn(-c4ccc(OC(F)(F)F)cc4)n3)cc2F)c1. The van der Waals surface area contributed by atoms with Crippen molar-refractivity contribution >= 4 is 45.9 Å². The fourth-order valence-electron chi connectivity index (χ4n) is 5.31. The number of aliphatic imine (C=N–C) groups is 1. The smallest absolute Gasteiger partial charge is 0.406 e. The van der Waals surface area contributed by atoms with Crippen LogP contribution in [0.4, 0.5) is 39.4 Å². The van der Waals surface area contributed by atoms with Crippen molar-refractivity contribution in [1.82, 2.24) is 14.8 Å². The minimum absolute atomic E-state index is 0.0928. The Kier molecular flexibility index (Phi) is 10.9. The Balaban J connectivity index is 1.33. The summed E-state index contributed by atoms with van der Waals surface area (Å²) in [6, 6.07) is 14.2. The number of aromatic nitrogens is 3. The average Bonchev–Trinajstić information content (AvgIpc) is 3.68. The molecular formula is C34H35F4N7O3S. The van der Waals surface area contributed by atoms with E-state index in [0.717, 1.165) is 67.1 Å². The van der Waals surface area contributed by atoms with Crippen molar-refractivity contribution in [3.8, 4) is 22.8 Å². The monoisotopic (exact) mass is 697 g/mol. The highest BCUT2D eigenvalue weighted by molar-refractivity contribution is 8.15. The van der Waals surface area contributed by atoms with Crippen LogP contribution in [0.1, 0.15) is 52.0 Å². The molecule has 0 radical (unpaired) electrons. The number of urea groups is 1. The Bertz CT molecular complexity index is 1840. The number of amidine groups is 1. The van der Waals surface area contributed by atoms with Crippen molar-refractivity contribution < 1.29 is 31.9 Å². The van der Waals surface area contributed by atoms with Crippen LogP contribution in [0.15, 0.2) is 72.0 Å². The number of carbonyl (C=O) groups excluding carboxylic acids is 2. The maximum absolute atomic E-state index is 15.2. The lowest BCUT2D eigenvalue weighted by Gasteiger charge is -2.28. The second kappa shape index (κ2) is 15.1. The molecule has 1 N–H and O–H groups in total. The molecule has 0 saturated carbocycles. The van der Waals surface area contributed by atoms with E-state index in [1.165, 1.54) is 40.2 Å². The summed E-state index contributed by atoms with van der Waals surface area (Å²) in [5.41, 5.74) is 3.14. The van der Waals surface area contributed by atoms with Gasteiger partial charge in [-0.15, -0.1) is 18.3 Å². The van der Waals surface area contributed by atoms with Crippen LogP contribution in [0.5, 0.6) is 5.75 Å². The predicted octanol–water partition coefficient (Wildman–Crippen LogP) is 8.39. The molecule has 1 aliphatic heterocycles. The number of hydrogen-bond acceptors (Lipinski definition) is 7. The molecule has 1 aromatic heterocycles. The molecule has 0 unspecified atom stereocenters. The number of alkyl halides is 3. The molecule has 2 heterocycles. The van der Waals surface area contributed by atoms with Gasteiger partial charge in [-0.2, -0.15) is 4.99 Å². The van der Waals surface area contributed by atoms with Crippen LogP contribution in [-0.4, -0.2) is 57.1 Å². The molecule has 49 heavy (non-hydrogen) atoms. The summed E-state index contributed by atoms with van der Waals surface area (Å²) in [6.07, 6.45) is -1.55. The largest absolute Gasteiger partial charge is 0.573 e. The summed E-state index contributed by atoms with van der Waals surface area (Å²) >= 11 is 1.14. The summed E-state index contributed by atoms with van der Waals surface area (Å²) in [7, 11) is 0. The molecule has 3 amide bonds. The summed E-state index contributed by atoms with van der Waals surface area (Å²) in [4.78, 5) is 38.3. The van der Waals surface area contributed by atoms with Gasteiger partial charge in [0, 0.05) is 24.3 Å². The fourth-order valence-corrected chi connectivity index (χ4v) is 6.17. The number of nitrogens with zero attached hydrogens (tertiary/aromatic N) is 6. The third kappa shape index (κ3) is 8.57. The van der Waals surface area contributed by atoms with Crippen molar-refractivity contribution in [2.75, 3.05) is 34.0 Å². The van der Waals surface area contributed by atoms with Crippen LogP contribution in [-0.2, 0) is 4.79 Å². The Morgan fingerprint density at radius 2 is 1.78 bits per heavy atom. The van der Waals surface area contributed by atoms with Gasteiger partial charge < -0.3 is 15.0 Å². The summed E-state index contributed by atoms with van der Waals surface area (Å²) in [6.45, 7) is 10.0. The third-order valence-electron chi connectivity index (χ3n) is 7.49. The lowest BCUT2D eigenvalue weighted by Crippen LogP contribution is -2.32. The summed E-state index contributed by atoms with van der Waals surface area (Å²) in [5, 5.41) is 6.93. The molecule has 10 nitrogen and oxygen atoms in total. The van der Waals surface area contributed by atoms with E-state index in [1.54, 1.807) is 0 Å². The van der Waals surface area contributed by atoms with Gasteiger partial charge in [-0.1, -0.05) is 45.5 Å². The first-order chi connectivity index (χ1) is 23.4. The Labute approximate surface area is 285 Å². The molecular weight excluding hydrogens is 662 g/mol. The molecule has 1 fully saturated rings. The number of anilines is 3. The molecule has 0 bridgehead atoms. The van der Waals surface area contributed by atoms with E-state index in [1.807, 2.05) is 26.0 Å². The minimum Gasteiger partial charge on any atom is -0.406 e. The summed E-state index contributed by atoms with van der Waals surface area (Å²) < 4.78 is 57.8. The highest BCUT2D eigenvalue weighted by Gasteiger charge is 2.33. The van der Waals surface area contributed by atoms with E-state index in [9.17, 15) is 22.8 Å². The predicted molar refractivity (Wildman–Crippen MR) is 183 cm³/mol. The number of hydrogen-bond donors (Lipinski definition) is 1. The average molecular weight is 698 g/mol. The summed E-state index contributed by atoms with van der Waals surface area (Å²) in [5.74, 6) is -1.02. The zero-order valence-corrected chi connectivity index (χ0v) is 28.1. The van der Waals surface area contributed by atoms with Gasteiger partial charge in [-0.3, -0.25) is 9.69 Å². The lowest BCUT2D eigenvalue weighted by molar-refractivity contribution is -0.274. The molecule has 1 saturated heterocycles. The number of benzene rings is 3. The Morgan fingerprint density at radius 1 is 1.06 bits per heavy atom. The van der Waals surface area contributed by atoms with Crippen LogP contribution in [0, 0.1) is 5.82 Å². The molecule has 0 spiro atoms. The molecule has 258 valence electrons. The molecule has 5 rings (SSSR count). The van der Waals surface area contributed by atoms with E-state index in [0.29, 0.717) is 16.9 Å². The highest BCUT2D eigenvalue weighted by atomic mass is 32.2. The van der Waals surface area contributed by atoms with Gasteiger partial charge in [-0.05, 0) is 78.9 Å².